The smallest absolute Gasteiger partial charge is 0.274 e. The van der Waals surface area contributed by atoms with Gasteiger partial charge in [0.05, 0.1) is 0 Å². The van der Waals surface area contributed by atoms with E-state index in [2.05, 4.69) is 15.1 Å². The summed E-state index contributed by atoms with van der Waals surface area (Å²) in [5.74, 6) is 1.48. The fourth-order valence-corrected chi connectivity index (χ4v) is 1.27. The third-order valence-corrected chi connectivity index (χ3v) is 2.02. The van der Waals surface area contributed by atoms with Gasteiger partial charge in [-0.3, -0.25) is 9.89 Å². The maximum Gasteiger partial charge on any atom is 0.274 e. The van der Waals surface area contributed by atoms with E-state index in [-0.39, 0.29) is 11.5 Å². The first-order chi connectivity index (χ1) is 6.58. The molecule has 74 valence electrons. The summed E-state index contributed by atoms with van der Waals surface area (Å²) in [5, 5.41) is 2.92. The second-order valence-electron chi connectivity index (χ2n) is 3.63. The summed E-state index contributed by atoms with van der Waals surface area (Å²) in [4.78, 5) is 19.9. The van der Waals surface area contributed by atoms with Gasteiger partial charge in [-0.25, -0.2) is 4.98 Å². The van der Waals surface area contributed by atoms with Gasteiger partial charge in [0.1, 0.15) is 5.82 Å². The maximum absolute atomic E-state index is 11.5. The predicted molar refractivity (Wildman–Crippen MR) is 52.4 cm³/mol. The van der Waals surface area contributed by atoms with Crippen molar-refractivity contribution >= 4 is 5.78 Å². The van der Waals surface area contributed by atoms with E-state index in [1.807, 2.05) is 13.8 Å². The predicted octanol–water partition coefficient (Wildman–Crippen LogP) is 0.849. The topological polar surface area (TPSA) is 63.0 Å². The summed E-state index contributed by atoms with van der Waals surface area (Å²) in [6.07, 6.45) is 0. The molecule has 0 aliphatic rings. The van der Waals surface area contributed by atoms with E-state index in [1.165, 1.54) is 10.6 Å². The van der Waals surface area contributed by atoms with Crippen molar-refractivity contribution in [1.29, 1.82) is 0 Å². The lowest BCUT2D eigenvalue weighted by atomic mass is 10.2. The summed E-state index contributed by atoms with van der Waals surface area (Å²) < 4.78 is 1.36. The van der Waals surface area contributed by atoms with Crippen LogP contribution in [0, 0.1) is 6.92 Å². The highest BCUT2D eigenvalue weighted by Gasteiger charge is 2.08. The second kappa shape index (κ2) is 2.94. The molecule has 2 rings (SSSR count). The average Bonchev–Trinajstić information content (AvgIpc) is 2.47. The van der Waals surface area contributed by atoms with Crippen molar-refractivity contribution in [3.63, 3.8) is 0 Å². The highest BCUT2D eigenvalue weighted by Crippen LogP contribution is 2.08. The largest absolute Gasteiger partial charge is 0.275 e. The number of aromatic nitrogens is 4. The van der Waals surface area contributed by atoms with Crippen LogP contribution in [0.5, 0.6) is 0 Å². The first kappa shape index (κ1) is 8.93. The summed E-state index contributed by atoms with van der Waals surface area (Å²) in [7, 11) is 0. The van der Waals surface area contributed by atoms with Gasteiger partial charge < -0.3 is 0 Å². The number of aryl methyl sites for hydroxylation is 1. The van der Waals surface area contributed by atoms with Gasteiger partial charge in [-0.2, -0.15) is 9.50 Å². The SMILES string of the molecule is Cc1cc(=O)n2[nH]c(C(C)C)nc2n1. The summed E-state index contributed by atoms with van der Waals surface area (Å²) in [5.41, 5.74) is 0.573. The van der Waals surface area contributed by atoms with Crippen LogP contribution < -0.4 is 5.56 Å². The molecule has 0 aliphatic carbocycles. The van der Waals surface area contributed by atoms with Gasteiger partial charge in [-0.1, -0.05) is 13.8 Å². The summed E-state index contributed by atoms with van der Waals surface area (Å²) in [6, 6.07) is 1.48. The minimum atomic E-state index is -0.119. The molecular formula is C9H12N4O. The number of H-pyrrole nitrogens is 1. The van der Waals surface area contributed by atoms with Crippen molar-refractivity contribution in [1.82, 2.24) is 19.6 Å². The number of nitrogens with one attached hydrogen (secondary N) is 1. The Labute approximate surface area is 80.8 Å². The van der Waals surface area contributed by atoms with Crippen LogP contribution in [0.25, 0.3) is 5.78 Å². The Morgan fingerprint density at radius 2 is 2.14 bits per heavy atom. The Morgan fingerprint density at radius 3 is 2.79 bits per heavy atom. The fourth-order valence-electron chi connectivity index (χ4n) is 1.27. The van der Waals surface area contributed by atoms with Gasteiger partial charge in [-0.05, 0) is 6.92 Å². The molecule has 0 spiro atoms. The molecule has 5 heteroatoms. The molecule has 2 aromatic heterocycles. The van der Waals surface area contributed by atoms with Crippen LogP contribution in [0.4, 0.5) is 0 Å². The first-order valence-electron chi connectivity index (χ1n) is 4.54. The lowest BCUT2D eigenvalue weighted by Gasteiger charge is -1.94. The molecule has 0 saturated carbocycles. The van der Waals surface area contributed by atoms with Crippen LogP contribution in [-0.4, -0.2) is 19.6 Å². The van der Waals surface area contributed by atoms with Crippen LogP contribution in [0.15, 0.2) is 10.9 Å². The number of hydrogen-bond acceptors (Lipinski definition) is 3. The van der Waals surface area contributed by atoms with Gasteiger partial charge in [0.25, 0.3) is 11.3 Å². The van der Waals surface area contributed by atoms with Crippen LogP contribution in [0.3, 0.4) is 0 Å². The third-order valence-electron chi connectivity index (χ3n) is 2.02. The molecule has 0 unspecified atom stereocenters. The van der Waals surface area contributed by atoms with Crippen LogP contribution >= 0.6 is 0 Å². The van der Waals surface area contributed by atoms with Crippen molar-refractivity contribution in [2.24, 2.45) is 0 Å². The van der Waals surface area contributed by atoms with Crippen LogP contribution in [-0.2, 0) is 0 Å². The molecule has 0 atom stereocenters. The highest BCUT2D eigenvalue weighted by atomic mass is 16.1. The molecule has 5 nitrogen and oxygen atoms in total. The van der Waals surface area contributed by atoms with Crippen molar-refractivity contribution in [2.75, 3.05) is 0 Å². The molecule has 2 heterocycles. The van der Waals surface area contributed by atoms with Crippen molar-refractivity contribution in [3.05, 3.63) is 27.9 Å². The maximum atomic E-state index is 11.5. The molecule has 2 aromatic rings. The molecule has 0 fully saturated rings. The summed E-state index contributed by atoms with van der Waals surface area (Å²) in [6.45, 7) is 5.80. The van der Waals surface area contributed by atoms with Gasteiger partial charge in [-0.15, -0.1) is 0 Å². The number of aromatic amines is 1. The Morgan fingerprint density at radius 1 is 1.43 bits per heavy atom. The van der Waals surface area contributed by atoms with Crippen LogP contribution in [0.2, 0.25) is 0 Å². The number of nitrogens with zero attached hydrogens (tertiary/aromatic N) is 3. The van der Waals surface area contributed by atoms with Crippen molar-refractivity contribution in [3.8, 4) is 0 Å². The normalized spacial score (nSPS) is 11.4. The highest BCUT2D eigenvalue weighted by molar-refractivity contribution is 5.28. The average molecular weight is 192 g/mol. The van der Waals surface area contributed by atoms with E-state index in [1.54, 1.807) is 6.92 Å². The molecule has 0 bridgehead atoms. The van der Waals surface area contributed by atoms with Crippen molar-refractivity contribution in [2.45, 2.75) is 26.7 Å². The van der Waals surface area contributed by atoms with E-state index < -0.39 is 0 Å². The van der Waals surface area contributed by atoms with Crippen LogP contribution in [0.1, 0.15) is 31.3 Å². The Hall–Kier alpha value is -1.65. The van der Waals surface area contributed by atoms with Crippen molar-refractivity contribution < 1.29 is 0 Å². The Bertz CT molecular complexity index is 523. The molecule has 0 aliphatic heterocycles. The standard InChI is InChI=1S/C9H12N4O/c1-5(2)8-11-9-10-6(3)4-7(14)13(9)12-8/h4-5H,1-3H3,(H,10,11,12). The third kappa shape index (κ3) is 1.30. The Balaban J connectivity index is 2.77. The quantitative estimate of drug-likeness (QED) is 0.728. The van der Waals surface area contributed by atoms with E-state index >= 15 is 0 Å². The zero-order valence-corrected chi connectivity index (χ0v) is 8.40. The van der Waals surface area contributed by atoms with Gasteiger partial charge >= 0.3 is 0 Å². The summed E-state index contributed by atoms with van der Waals surface area (Å²) >= 11 is 0. The zero-order chi connectivity index (χ0) is 10.3. The number of rotatable bonds is 1. The van der Waals surface area contributed by atoms with Gasteiger partial charge in [0, 0.05) is 17.7 Å². The molecule has 0 aromatic carbocycles. The minimum Gasteiger partial charge on any atom is -0.275 e. The van der Waals surface area contributed by atoms with E-state index in [0.29, 0.717) is 11.5 Å². The van der Waals surface area contributed by atoms with Gasteiger partial charge in [0.15, 0.2) is 0 Å². The molecule has 14 heavy (non-hydrogen) atoms. The number of fused-ring (bicyclic) bond motifs is 1. The molecule has 0 radical (unpaired) electrons. The van der Waals surface area contributed by atoms with E-state index in [0.717, 1.165) is 5.82 Å². The van der Waals surface area contributed by atoms with E-state index in [9.17, 15) is 4.79 Å². The Kier molecular flexibility index (Phi) is 1.87. The number of hydrogen-bond donors (Lipinski definition) is 1. The molecule has 1 N–H and O–H groups in total. The lowest BCUT2D eigenvalue weighted by molar-refractivity contribution is 0.758. The lowest BCUT2D eigenvalue weighted by Crippen LogP contribution is -2.14. The minimum absolute atomic E-state index is 0.119. The van der Waals surface area contributed by atoms with Gasteiger partial charge in [0.2, 0.25) is 0 Å². The first-order valence-corrected chi connectivity index (χ1v) is 4.54. The molecular weight excluding hydrogens is 180 g/mol. The fraction of sp³-hybridized carbons (Fsp3) is 0.444. The molecule has 0 amide bonds. The van der Waals surface area contributed by atoms with E-state index in [4.69, 9.17) is 0 Å². The zero-order valence-electron chi connectivity index (χ0n) is 8.40. The molecule has 0 saturated heterocycles. The second-order valence-corrected chi connectivity index (χ2v) is 3.63. The monoisotopic (exact) mass is 192 g/mol.